The number of anilines is 1. The Morgan fingerprint density at radius 3 is 3.00 bits per heavy atom. The molecule has 2 heterocycles. The van der Waals surface area contributed by atoms with E-state index in [4.69, 9.17) is 5.11 Å². The molecule has 1 aromatic heterocycles. The average molecular weight is 223 g/mol. The summed E-state index contributed by atoms with van der Waals surface area (Å²) in [6.45, 7) is 1.23. The normalized spacial score (nSPS) is 20.8. The van der Waals surface area contributed by atoms with Crippen LogP contribution in [-0.4, -0.2) is 34.4 Å². The van der Waals surface area contributed by atoms with Gasteiger partial charge in [0.05, 0.1) is 5.92 Å². The maximum absolute atomic E-state index is 10.9. The molecule has 6 heteroatoms. The molecule has 0 aliphatic carbocycles. The maximum atomic E-state index is 10.9. The van der Waals surface area contributed by atoms with Crippen LogP contribution in [0.25, 0.3) is 0 Å². The predicted molar refractivity (Wildman–Crippen MR) is 57.4 cm³/mol. The van der Waals surface area contributed by atoms with Crippen LogP contribution < -0.4 is 10.5 Å². The molecule has 0 amide bonds. The monoisotopic (exact) mass is 223 g/mol. The Labute approximate surface area is 91.9 Å². The molecule has 0 spiro atoms. The number of hydrogen-bond acceptors (Lipinski definition) is 4. The fraction of sp³-hybridized carbons (Fsp3) is 0.500. The van der Waals surface area contributed by atoms with Crippen LogP contribution in [0, 0.1) is 5.92 Å². The zero-order chi connectivity index (χ0) is 11.5. The molecule has 1 saturated heterocycles. The second kappa shape index (κ2) is 4.34. The van der Waals surface area contributed by atoms with Gasteiger partial charge in [-0.2, -0.15) is 5.10 Å². The minimum atomic E-state index is -0.769. The third kappa shape index (κ3) is 2.21. The highest BCUT2D eigenvalue weighted by Crippen LogP contribution is 2.20. The molecular weight excluding hydrogens is 210 g/mol. The van der Waals surface area contributed by atoms with Gasteiger partial charge in [0.2, 0.25) is 0 Å². The van der Waals surface area contributed by atoms with Crippen LogP contribution in [0.4, 0.5) is 5.82 Å². The molecule has 1 fully saturated rings. The number of nitrogens with zero attached hydrogens (tertiary/aromatic N) is 2. The van der Waals surface area contributed by atoms with Crippen molar-refractivity contribution in [2.75, 3.05) is 18.0 Å². The lowest BCUT2D eigenvalue weighted by molar-refractivity contribution is -0.141. The third-order valence-corrected chi connectivity index (χ3v) is 2.76. The molecule has 1 aliphatic rings. The summed E-state index contributed by atoms with van der Waals surface area (Å²) in [5.74, 6) is -0.484. The van der Waals surface area contributed by atoms with Gasteiger partial charge in [-0.05, 0) is 18.9 Å². The van der Waals surface area contributed by atoms with Crippen molar-refractivity contribution in [2.45, 2.75) is 12.8 Å². The topological polar surface area (TPSA) is 86.3 Å². The van der Waals surface area contributed by atoms with Crippen molar-refractivity contribution in [3.05, 3.63) is 22.5 Å². The first-order valence-corrected chi connectivity index (χ1v) is 5.20. The SMILES string of the molecule is O=C(O)[C@H]1CCCN(c2ccc(=O)[nH]n2)C1. The van der Waals surface area contributed by atoms with Crippen molar-refractivity contribution in [1.29, 1.82) is 0 Å². The number of hydrogen-bond donors (Lipinski definition) is 2. The first-order chi connectivity index (χ1) is 7.66. The zero-order valence-electron chi connectivity index (χ0n) is 8.72. The Morgan fingerprint density at radius 2 is 2.38 bits per heavy atom. The molecule has 1 atom stereocenters. The van der Waals surface area contributed by atoms with Crippen LogP contribution >= 0.6 is 0 Å². The number of piperidine rings is 1. The fourth-order valence-electron chi connectivity index (χ4n) is 1.90. The van der Waals surface area contributed by atoms with E-state index in [1.807, 2.05) is 4.90 Å². The lowest BCUT2D eigenvalue weighted by Gasteiger charge is -2.31. The summed E-state index contributed by atoms with van der Waals surface area (Å²) < 4.78 is 0. The van der Waals surface area contributed by atoms with Crippen molar-refractivity contribution in [3.63, 3.8) is 0 Å². The number of carboxylic acids is 1. The molecule has 2 N–H and O–H groups in total. The van der Waals surface area contributed by atoms with Crippen LogP contribution in [0.15, 0.2) is 16.9 Å². The standard InChI is InChI=1S/C10H13N3O3/c14-9-4-3-8(11-12-9)13-5-1-2-7(6-13)10(15)16/h3-4,7H,1-2,5-6H2,(H,12,14)(H,15,16)/t7-/m0/s1. The number of aromatic nitrogens is 2. The molecule has 0 unspecified atom stereocenters. The average Bonchev–Trinajstić information content (AvgIpc) is 2.30. The summed E-state index contributed by atoms with van der Waals surface area (Å²) in [7, 11) is 0. The van der Waals surface area contributed by atoms with Gasteiger partial charge in [0, 0.05) is 19.2 Å². The van der Waals surface area contributed by atoms with Crippen molar-refractivity contribution >= 4 is 11.8 Å². The number of carboxylic acid groups (broad SMARTS) is 1. The van der Waals surface area contributed by atoms with Crippen molar-refractivity contribution < 1.29 is 9.90 Å². The molecule has 1 aromatic rings. The Hall–Kier alpha value is -1.85. The smallest absolute Gasteiger partial charge is 0.308 e. The molecular formula is C10H13N3O3. The number of aromatic amines is 1. The van der Waals surface area contributed by atoms with Gasteiger partial charge in [-0.15, -0.1) is 0 Å². The van der Waals surface area contributed by atoms with E-state index in [1.54, 1.807) is 6.07 Å². The molecule has 1 aliphatic heterocycles. The van der Waals surface area contributed by atoms with E-state index in [0.717, 1.165) is 13.0 Å². The van der Waals surface area contributed by atoms with Gasteiger partial charge in [-0.1, -0.05) is 0 Å². The van der Waals surface area contributed by atoms with Gasteiger partial charge in [0.25, 0.3) is 5.56 Å². The van der Waals surface area contributed by atoms with Gasteiger partial charge < -0.3 is 10.0 Å². The summed E-state index contributed by atoms with van der Waals surface area (Å²) in [6, 6.07) is 3.01. The molecule has 0 radical (unpaired) electrons. The van der Waals surface area contributed by atoms with E-state index in [9.17, 15) is 9.59 Å². The first kappa shape index (κ1) is 10.7. The minimum Gasteiger partial charge on any atom is -0.481 e. The fourth-order valence-corrected chi connectivity index (χ4v) is 1.90. The Balaban J connectivity index is 2.12. The first-order valence-electron chi connectivity index (χ1n) is 5.20. The Kier molecular flexibility index (Phi) is 2.89. The Bertz CT molecular complexity index is 423. The van der Waals surface area contributed by atoms with E-state index in [1.165, 1.54) is 6.07 Å². The van der Waals surface area contributed by atoms with Crippen LogP contribution in [0.2, 0.25) is 0 Å². The molecule has 86 valence electrons. The van der Waals surface area contributed by atoms with Crippen LogP contribution in [0.5, 0.6) is 0 Å². The molecule has 0 bridgehead atoms. The van der Waals surface area contributed by atoms with Crippen molar-refractivity contribution in [1.82, 2.24) is 10.2 Å². The molecule has 6 nitrogen and oxygen atoms in total. The van der Waals surface area contributed by atoms with Gasteiger partial charge in [0.15, 0.2) is 0 Å². The van der Waals surface area contributed by atoms with E-state index >= 15 is 0 Å². The van der Waals surface area contributed by atoms with Gasteiger partial charge in [-0.3, -0.25) is 9.59 Å². The van der Waals surface area contributed by atoms with E-state index in [2.05, 4.69) is 10.2 Å². The largest absolute Gasteiger partial charge is 0.481 e. The number of rotatable bonds is 2. The second-order valence-electron chi connectivity index (χ2n) is 3.90. The highest BCUT2D eigenvalue weighted by molar-refractivity contribution is 5.71. The van der Waals surface area contributed by atoms with E-state index in [0.29, 0.717) is 18.8 Å². The van der Waals surface area contributed by atoms with Gasteiger partial charge in [-0.25, -0.2) is 5.10 Å². The number of aliphatic carboxylic acids is 1. The van der Waals surface area contributed by atoms with Crippen LogP contribution in [0.3, 0.4) is 0 Å². The zero-order valence-corrected chi connectivity index (χ0v) is 8.72. The number of carbonyl (C=O) groups is 1. The highest BCUT2D eigenvalue weighted by Gasteiger charge is 2.25. The van der Waals surface area contributed by atoms with Crippen LogP contribution in [0.1, 0.15) is 12.8 Å². The predicted octanol–water partition coefficient (Wildman–Crippen LogP) is 0.0709. The van der Waals surface area contributed by atoms with Gasteiger partial charge in [0.1, 0.15) is 5.82 Å². The lowest BCUT2D eigenvalue weighted by atomic mass is 9.98. The maximum Gasteiger partial charge on any atom is 0.308 e. The summed E-state index contributed by atoms with van der Waals surface area (Å²) in [4.78, 5) is 23.6. The summed E-state index contributed by atoms with van der Waals surface area (Å²) in [5, 5.41) is 15.2. The van der Waals surface area contributed by atoms with E-state index < -0.39 is 5.97 Å². The molecule has 0 saturated carbocycles. The van der Waals surface area contributed by atoms with Gasteiger partial charge >= 0.3 is 5.97 Å². The second-order valence-corrected chi connectivity index (χ2v) is 3.90. The number of nitrogens with one attached hydrogen (secondary N) is 1. The lowest BCUT2D eigenvalue weighted by Crippen LogP contribution is -2.39. The van der Waals surface area contributed by atoms with Crippen molar-refractivity contribution in [2.24, 2.45) is 5.92 Å². The Morgan fingerprint density at radius 1 is 1.56 bits per heavy atom. The minimum absolute atomic E-state index is 0.254. The molecule has 2 rings (SSSR count). The van der Waals surface area contributed by atoms with Crippen LogP contribution in [-0.2, 0) is 4.79 Å². The van der Waals surface area contributed by atoms with E-state index in [-0.39, 0.29) is 11.5 Å². The third-order valence-electron chi connectivity index (χ3n) is 2.76. The summed E-state index contributed by atoms with van der Waals surface area (Å²) in [6.07, 6.45) is 1.53. The molecule has 0 aromatic carbocycles. The summed E-state index contributed by atoms with van der Waals surface area (Å²) >= 11 is 0. The number of H-pyrrole nitrogens is 1. The van der Waals surface area contributed by atoms with Crippen molar-refractivity contribution in [3.8, 4) is 0 Å². The quantitative estimate of drug-likeness (QED) is 0.741. The molecule has 16 heavy (non-hydrogen) atoms. The summed E-state index contributed by atoms with van der Waals surface area (Å²) in [5.41, 5.74) is -0.254. The highest BCUT2D eigenvalue weighted by atomic mass is 16.4.